The fourth-order valence-corrected chi connectivity index (χ4v) is 2.16. The standard InChI is InChI=1S/C13H29NO/c1-6-8-11(3)12(7-2)14-13(4,5)9-10-15/h11-12,14-15H,6-10H2,1-5H3. The Morgan fingerprint density at radius 3 is 2.27 bits per heavy atom. The Bertz CT molecular complexity index is 157. The van der Waals surface area contributed by atoms with Crippen molar-refractivity contribution in [2.45, 2.75) is 71.9 Å². The second-order valence-electron chi connectivity index (χ2n) is 5.28. The van der Waals surface area contributed by atoms with E-state index in [-0.39, 0.29) is 12.1 Å². The van der Waals surface area contributed by atoms with Gasteiger partial charge in [-0.1, -0.05) is 27.2 Å². The minimum atomic E-state index is 0.0530. The summed E-state index contributed by atoms with van der Waals surface area (Å²) in [6, 6.07) is 0.575. The van der Waals surface area contributed by atoms with Crippen LogP contribution >= 0.6 is 0 Å². The summed E-state index contributed by atoms with van der Waals surface area (Å²) < 4.78 is 0. The molecule has 0 saturated carbocycles. The quantitative estimate of drug-likeness (QED) is 0.652. The van der Waals surface area contributed by atoms with Crippen LogP contribution in [-0.2, 0) is 0 Å². The van der Waals surface area contributed by atoms with E-state index < -0.39 is 0 Å². The van der Waals surface area contributed by atoms with Gasteiger partial charge in [-0.05, 0) is 39.0 Å². The number of aliphatic hydroxyl groups excluding tert-OH is 1. The molecule has 0 heterocycles. The van der Waals surface area contributed by atoms with Crippen molar-refractivity contribution < 1.29 is 5.11 Å². The summed E-state index contributed by atoms with van der Waals surface area (Å²) >= 11 is 0. The molecule has 0 aromatic heterocycles. The highest BCUT2D eigenvalue weighted by atomic mass is 16.3. The lowest BCUT2D eigenvalue weighted by atomic mass is 9.91. The Balaban J connectivity index is 4.18. The maximum absolute atomic E-state index is 8.99. The highest BCUT2D eigenvalue weighted by Crippen LogP contribution is 2.18. The monoisotopic (exact) mass is 215 g/mol. The van der Waals surface area contributed by atoms with Crippen LogP contribution in [0, 0.1) is 5.92 Å². The zero-order valence-corrected chi connectivity index (χ0v) is 11.1. The van der Waals surface area contributed by atoms with Crippen LogP contribution in [0.3, 0.4) is 0 Å². The Hall–Kier alpha value is -0.0800. The van der Waals surface area contributed by atoms with Crippen LogP contribution in [0.25, 0.3) is 0 Å². The fourth-order valence-electron chi connectivity index (χ4n) is 2.16. The van der Waals surface area contributed by atoms with E-state index in [0.29, 0.717) is 6.04 Å². The average molecular weight is 215 g/mol. The molecule has 0 radical (unpaired) electrons. The van der Waals surface area contributed by atoms with Crippen LogP contribution in [0.4, 0.5) is 0 Å². The van der Waals surface area contributed by atoms with Crippen molar-refractivity contribution in [3.8, 4) is 0 Å². The van der Waals surface area contributed by atoms with Crippen molar-refractivity contribution >= 4 is 0 Å². The van der Waals surface area contributed by atoms with Gasteiger partial charge in [0.25, 0.3) is 0 Å². The van der Waals surface area contributed by atoms with E-state index in [1.807, 2.05) is 0 Å². The largest absolute Gasteiger partial charge is 0.396 e. The topological polar surface area (TPSA) is 32.3 Å². The molecule has 0 amide bonds. The molecule has 2 N–H and O–H groups in total. The number of hydrogen-bond acceptors (Lipinski definition) is 2. The molecule has 0 aliphatic heterocycles. The molecule has 2 atom stereocenters. The highest BCUT2D eigenvalue weighted by molar-refractivity contribution is 4.83. The number of rotatable bonds is 8. The molecule has 0 spiro atoms. The van der Waals surface area contributed by atoms with Crippen molar-refractivity contribution in [2.24, 2.45) is 5.92 Å². The van der Waals surface area contributed by atoms with Gasteiger partial charge in [-0.15, -0.1) is 0 Å². The number of hydrogen-bond donors (Lipinski definition) is 2. The molecule has 2 unspecified atom stereocenters. The first kappa shape index (κ1) is 14.9. The predicted molar refractivity (Wildman–Crippen MR) is 67.1 cm³/mol. The molecule has 0 rings (SSSR count). The zero-order chi connectivity index (χ0) is 11.9. The molecular formula is C13H29NO. The molecule has 2 heteroatoms. The van der Waals surface area contributed by atoms with E-state index in [4.69, 9.17) is 5.11 Å². The van der Waals surface area contributed by atoms with Gasteiger partial charge in [0.05, 0.1) is 0 Å². The van der Waals surface area contributed by atoms with Gasteiger partial charge < -0.3 is 10.4 Å². The van der Waals surface area contributed by atoms with Gasteiger partial charge in [0, 0.05) is 18.2 Å². The van der Waals surface area contributed by atoms with E-state index in [1.165, 1.54) is 12.8 Å². The lowest BCUT2D eigenvalue weighted by Gasteiger charge is -2.34. The van der Waals surface area contributed by atoms with Gasteiger partial charge in [-0.25, -0.2) is 0 Å². The van der Waals surface area contributed by atoms with Gasteiger partial charge in [0.2, 0.25) is 0 Å². The summed E-state index contributed by atoms with van der Waals surface area (Å²) in [4.78, 5) is 0. The van der Waals surface area contributed by atoms with E-state index in [0.717, 1.165) is 18.8 Å². The third-order valence-electron chi connectivity index (χ3n) is 3.18. The second kappa shape index (κ2) is 7.24. The summed E-state index contributed by atoms with van der Waals surface area (Å²) in [5.74, 6) is 0.720. The van der Waals surface area contributed by atoms with Crippen molar-refractivity contribution in [3.05, 3.63) is 0 Å². The predicted octanol–water partition coefficient (Wildman–Crippen LogP) is 2.95. The lowest BCUT2D eigenvalue weighted by molar-refractivity contribution is 0.198. The molecule has 0 aromatic rings. The molecule has 0 bridgehead atoms. The van der Waals surface area contributed by atoms with Gasteiger partial charge in [-0.2, -0.15) is 0 Å². The first-order chi connectivity index (χ1) is 6.96. The van der Waals surface area contributed by atoms with Crippen molar-refractivity contribution in [3.63, 3.8) is 0 Å². The molecular weight excluding hydrogens is 186 g/mol. The van der Waals surface area contributed by atoms with E-state index in [2.05, 4.69) is 39.9 Å². The molecule has 0 aromatic carbocycles. The van der Waals surface area contributed by atoms with E-state index in [9.17, 15) is 0 Å². The Labute approximate surface area is 95.5 Å². The molecule has 2 nitrogen and oxygen atoms in total. The smallest absolute Gasteiger partial charge is 0.0448 e. The first-order valence-electron chi connectivity index (χ1n) is 6.35. The average Bonchev–Trinajstić information content (AvgIpc) is 2.14. The molecule has 0 aliphatic carbocycles. The SMILES string of the molecule is CCCC(C)C(CC)NC(C)(C)CCO. The van der Waals surface area contributed by atoms with Crippen LogP contribution in [-0.4, -0.2) is 23.3 Å². The molecule has 15 heavy (non-hydrogen) atoms. The van der Waals surface area contributed by atoms with Gasteiger partial charge >= 0.3 is 0 Å². The fraction of sp³-hybridized carbons (Fsp3) is 1.00. The van der Waals surface area contributed by atoms with Gasteiger partial charge in [0.15, 0.2) is 0 Å². The minimum Gasteiger partial charge on any atom is -0.396 e. The van der Waals surface area contributed by atoms with Crippen LogP contribution in [0.2, 0.25) is 0 Å². The Kier molecular flexibility index (Phi) is 7.20. The number of nitrogens with one attached hydrogen (secondary N) is 1. The first-order valence-corrected chi connectivity index (χ1v) is 6.35. The zero-order valence-electron chi connectivity index (χ0n) is 11.1. The normalized spacial score (nSPS) is 16.4. The van der Waals surface area contributed by atoms with Crippen LogP contribution < -0.4 is 5.32 Å². The summed E-state index contributed by atoms with van der Waals surface area (Å²) in [5.41, 5.74) is 0.0530. The van der Waals surface area contributed by atoms with Crippen LogP contribution in [0.5, 0.6) is 0 Å². The maximum atomic E-state index is 8.99. The summed E-state index contributed by atoms with van der Waals surface area (Å²) in [6.07, 6.45) is 4.51. The molecule has 0 aliphatic rings. The third-order valence-corrected chi connectivity index (χ3v) is 3.18. The Morgan fingerprint density at radius 1 is 1.27 bits per heavy atom. The van der Waals surface area contributed by atoms with Crippen LogP contribution in [0.1, 0.15) is 60.3 Å². The van der Waals surface area contributed by atoms with Crippen molar-refractivity contribution in [1.82, 2.24) is 5.32 Å². The molecule has 92 valence electrons. The van der Waals surface area contributed by atoms with Gasteiger partial charge in [0.1, 0.15) is 0 Å². The molecule has 0 fully saturated rings. The van der Waals surface area contributed by atoms with Crippen LogP contribution in [0.15, 0.2) is 0 Å². The van der Waals surface area contributed by atoms with Crippen molar-refractivity contribution in [2.75, 3.05) is 6.61 Å². The lowest BCUT2D eigenvalue weighted by Crippen LogP contribution is -2.48. The van der Waals surface area contributed by atoms with Gasteiger partial charge in [-0.3, -0.25) is 0 Å². The van der Waals surface area contributed by atoms with Crippen molar-refractivity contribution in [1.29, 1.82) is 0 Å². The van der Waals surface area contributed by atoms with E-state index >= 15 is 0 Å². The summed E-state index contributed by atoms with van der Waals surface area (Å²) in [6.45, 7) is 11.4. The third kappa shape index (κ3) is 6.16. The number of aliphatic hydroxyl groups is 1. The summed E-state index contributed by atoms with van der Waals surface area (Å²) in [7, 11) is 0. The minimum absolute atomic E-state index is 0.0530. The highest BCUT2D eigenvalue weighted by Gasteiger charge is 2.23. The van der Waals surface area contributed by atoms with E-state index in [1.54, 1.807) is 0 Å². The second-order valence-corrected chi connectivity index (χ2v) is 5.28. The maximum Gasteiger partial charge on any atom is 0.0448 e. The summed E-state index contributed by atoms with van der Waals surface area (Å²) in [5, 5.41) is 12.7. The Morgan fingerprint density at radius 2 is 1.87 bits per heavy atom. The molecule has 0 saturated heterocycles.